The normalized spacial score (nSPS) is 10.7. The number of nitrogens with zero attached hydrogens (tertiary/aromatic N) is 3. The maximum Gasteiger partial charge on any atom is 0.252 e. The van der Waals surface area contributed by atoms with Gasteiger partial charge in [0.1, 0.15) is 11.3 Å². The van der Waals surface area contributed by atoms with Crippen LogP contribution in [0.25, 0.3) is 22.6 Å². The Hall–Kier alpha value is -2.93. The van der Waals surface area contributed by atoms with Gasteiger partial charge in [-0.2, -0.15) is 0 Å². The molecule has 2 N–H and O–H groups in total. The van der Waals surface area contributed by atoms with Crippen LogP contribution >= 0.6 is 11.6 Å². The molecule has 3 aromatic rings. The SMILES string of the molecule is CC(=O)NCCNC(=O)c1cnc2c(c1)nc(-c1ccccc1Cl)n2C. The van der Waals surface area contributed by atoms with Crippen molar-refractivity contribution in [2.24, 2.45) is 7.05 Å². The van der Waals surface area contributed by atoms with Gasteiger partial charge in [0, 0.05) is 38.8 Å². The number of hydrogen-bond donors (Lipinski definition) is 2. The van der Waals surface area contributed by atoms with E-state index in [4.69, 9.17) is 11.6 Å². The number of nitrogens with one attached hydrogen (secondary N) is 2. The first-order valence-corrected chi connectivity index (χ1v) is 8.45. The van der Waals surface area contributed by atoms with Gasteiger partial charge in [0.2, 0.25) is 5.91 Å². The molecule has 2 heterocycles. The molecule has 2 amide bonds. The van der Waals surface area contributed by atoms with Crippen LogP contribution in [-0.2, 0) is 11.8 Å². The van der Waals surface area contributed by atoms with E-state index in [0.29, 0.717) is 40.7 Å². The molecule has 0 saturated heterocycles. The number of aryl methyl sites for hydroxylation is 1. The average Bonchev–Trinajstić information content (AvgIpc) is 2.95. The molecule has 0 aliphatic rings. The molecule has 0 aliphatic carbocycles. The lowest BCUT2D eigenvalue weighted by Crippen LogP contribution is -2.33. The Labute approximate surface area is 155 Å². The van der Waals surface area contributed by atoms with Crippen LogP contribution < -0.4 is 10.6 Å². The number of pyridine rings is 1. The van der Waals surface area contributed by atoms with E-state index in [2.05, 4.69) is 20.6 Å². The minimum atomic E-state index is -0.269. The van der Waals surface area contributed by atoms with E-state index in [1.807, 2.05) is 29.8 Å². The van der Waals surface area contributed by atoms with E-state index in [1.54, 1.807) is 12.1 Å². The molecule has 1 aromatic carbocycles. The molecule has 0 bridgehead atoms. The first-order chi connectivity index (χ1) is 12.5. The number of aromatic nitrogens is 3. The highest BCUT2D eigenvalue weighted by atomic mass is 35.5. The average molecular weight is 372 g/mol. The van der Waals surface area contributed by atoms with Crippen LogP contribution in [0.3, 0.4) is 0 Å². The van der Waals surface area contributed by atoms with Gasteiger partial charge in [-0.15, -0.1) is 0 Å². The molecule has 0 atom stereocenters. The lowest BCUT2D eigenvalue weighted by molar-refractivity contribution is -0.118. The zero-order valence-corrected chi connectivity index (χ0v) is 15.2. The highest BCUT2D eigenvalue weighted by Crippen LogP contribution is 2.28. The lowest BCUT2D eigenvalue weighted by atomic mass is 10.2. The molecule has 0 fully saturated rings. The van der Waals surface area contributed by atoms with E-state index in [9.17, 15) is 9.59 Å². The van der Waals surface area contributed by atoms with Gasteiger partial charge in [0.25, 0.3) is 5.91 Å². The predicted octanol–water partition coefficient (Wildman–Crippen LogP) is 2.15. The molecule has 3 rings (SSSR count). The highest BCUT2D eigenvalue weighted by Gasteiger charge is 2.15. The summed E-state index contributed by atoms with van der Waals surface area (Å²) >= 11 is 6.27. The van der Waals surface area contributed by atoms with Crippen molar-refractivity contribution in [1.82, 2.24) is 25.2 Å². The van der Waals surface area contributed by atoms with Gasteiger partial charge in [-0.1, -0.05) is 23.7 Å². The van der Waals surface area contributed by atoms with Crippen LogP contribution in [0.1, 0.15) is 17.3 Å². The third kappa shape index (κ3) is 3.67. The summed E-state index contributed by atoms with van der Waals surface area (Å²) in [6.45, 7) is 2.14. The number of amides is 2. The maximum atomic E-state index is 12.2. The number of hydrogen-bond acceptors (Lipinski definition) is 4. The van der Waals surface area contributed by atoms with Crippen LogP contribution in [0.15, 0.2) is 36.5 Å². The molecule has 8 heteroatoms. The quantitative estimate of drug-likeness (QED) is 0.672. The van der Waals surface area contributed by atoms with Crippen LogP contribution in [0.5, 0.6) is 0 Å². The Balaban J connectivity index is 1.84. The van der Waals surface area contributed by atoms with E-state index in [0.717, 1.165) is 5.56 Å². The second kappa shape index (κ2) is 7.53. The van der Waals surface area contributed by atoms with Gasteiger partial charge in [-0.05, 0) is 18.2 Å². The topological polar surface area (TPSA) is 88.9 Å². The Morgan fingerprint density at radius 1 is 1.19 bits per heavy atom. The first kappa shape index (κ1) is 17.9. The summed E-state index contributed by atoms with van der Waals surface area (Å²) in [7, 11) is 1.86. The minimum absolute atomic E-state index is 0.136. The van der Waals surface area contributed by atoms with Crippen LogP contribution in [0, 0.1) is 0 Å². The third-order valence-corrected chi connectivity index (χ3v) is 4.20. The molecule has 7 nitrogen and oxygen atoms in total. The van der Waals surface area contributed by atoms with Crippen molar-refractivity contribution in [3.05, 3.63) is 47.1 Å². The Kier molecular flexibility index (Phi) is 5.18. The molecule has 0 radical (unpaired) electrons. The number of fused-ring (bicyclic) bond motifs is 1. The molecular weight excluding hydrogens is 354 g/mol. The molecule has 0 spiro atoms. The van der Waals surface area contributed by atoms with Gasteiger partial charge >= 0.3 is 0 Å². The first-order valence-electron chi connectivity index (χ1n) is 8.07. The fourth-order valence-electron chi connectivity index (χ4n) is 2.60. The number of imidazole rings is 1. The van der Waals surface area contributed by atoms with Crippen molar-refractivity contribution in [2.45, 2.75) is 6.92 Å². The van der Waals surface area contributed by atoms with Gasteiger partial charge in [0.05, 0.1) is 10.6 Å². The van der Waals surface area contributed by atoms with Crippen molar-refractivity contribution >= 4 is 34.6 Å². The van der Waals surface area contributed by atoms with E-state index in [1.165, 1.54) is 13.1 Å². The van der Waals surface area contributed by atoms with Gasteiger partial charge in [0.15, 0.2) is 5.65 Å². The molecule has 26 heavy (non-hydrogen) atoms. The smallest absolute Gasteiger partial charge is 0.252 e. The van der Waals surface area contributed by atoms with Crippen molar-refractivity contribution in [1.29, 1.82) is 0 Å². The fourth-order valence-corrected chi connectivity index (χ4v) is 2.82. The monoisotopic (exact) mass is 371 g/mol. The third-order valence-electron chi connectivity index (χ3n) is 3.87. The molecule has 0 unspecified atom stereocenters. The number of carbonyl (C=O) groups is 2. The van der Waals surface area contributed by atoms with E-state index >= 15 is 0 Å². The summed E-state index contributed by atoms with van der Waals surface area (Å²) in [5.41, 5.74) is 2.48. The fraction of sp³-hybridized carbons (Fsp3) is 0.222. The number of carbonyl (C=O) groups excluding carboxylic acids is 2. The summed E-state index contributed by atoms with van der Waals surface area (Å²) < 4.78 is 1.84. The van der Waals surface area contributed by atoms with Gasteiger partial charge < -0.3 is 15.2 Å². The Morgan fingerprint density at radius 3 is 2.65 bits per heavy atom. The summed E-state index contributed by atoms with van der Waals surface area (Å²) in [6.07, 6.45) is 1.51. The van der Waals surface area contributed by atoms with Crippen molar-refractivity contribution in [3.63, 3.8) is 0 Å². The predicted molar refractivity (Wildman–Crippen MR) is 100.0 cm³/mol. The number of benzene rings is 1. The summed E-state index contributed by atoms with van der Waals surface area (Å²) in [4.78, 5) is 32.0. The second-order valence-electron chi connectivity index (χ2n) is 5.78. The largest absolute Gasteiger partial charge is 0.355 e. The Bertz CT molecular complexity index is 983. The molecule has 2 aromatic heterocycles. The zero-order valence-electron chi connectivity index (χ0n) is 14.4. The van der Waals surface area contributed by atoms with Crippen molar-refractivity contribution < 1.29 is 9.59 Å². The van der Waals surface area contributed by atoms with E-state index in [-0.39, 0.29) is 11.8 Å². The molecular formula is C18H18ClN5O2. The standard InChI is InChI=1S/C18H18ClN5O2/c1-11(25)20-7-8-21-18(26)12-9-15-17(22-10-12)24(2)16(23-15)13-5-3-4-6-14(13)19/h3-6,9-10H,7-8H2,1-2H3,(H,20,25)(H,21,26). The summed E-state index contributed by atoms with van der Waals surface area (Å²) in [6, 6.07) is 9.13. The second-order valence-corrected chi connectivity index (χ2v) is 6.19. The number of halogens is 1. The minimum Gasteiger partial charge on any atom is -0.355 e. The molecule has 134 valence electrons. The van der Waals surface area contributed by atoms with Crippen molar-refractivity contribution in [2.75, 3.05) is 13.1 Å². The van der Waals surface area contributed by atoms with Crippen LogP contribution in [0.2, 0.25) is 5.02 Å². The van der Waals surface area contributed by atoms with Gasteiger partial charge in [-0.25, -0.2) is 9.97 Å². The van der Waals surface area contributed by atoms with E-state index < -0.39 is 0 Å². The van der Waals surface area contributed by atoms with Crippen LogP contribution in [-0.4, -0.2) is 39.4 Å². The lowest BCUT2D eigenvalue weighted by Gasteiger charge is -2.05. The highest BCUT2D eigenvalue weighted by molar-refractivity contribution is 6.33. The zero-order chi connectivity index (χ0) is 18.7. The molecule has 0 aliphatic heterocycles. The Morgan fingerprint density at radius 2 is 1.92 bits per heavy atom. The van der Waals surface area contributed by atoms with Gasteiger partial charge in [-0.3, -0.25) is 9.59 Å². The maximum absolute atomic E-state index is 12.2. The molecule has 0 saturated carbocycles. The van der Waals surface area contributed by atoms with Crippen molar-refractivity contribution in [3.8, 4) is 11.4 Å². The summed E-state index contributed by atoms with van der Waals surface area (Å²) in [5.74, 6) is 0.277. The van der Waals surface area contributed by atoms with Crippen LogP contribution in [0.4, 0.5) is 0 Å². The summed E-state index contributed by atoms with van der Waals surface area (Å²) in [5, 5.41) is 5.95. The number of rotatable bonds is 5.